The molecule has 0 aromatic heterocycles. The molecule has 26 heavy (non-hydrogen) atoms. The Labute approximate surface area is 156 Å². The van der Waals surface area contributed by atoms with Gasteiger partial charge in [0.1, 0.15) is 5.75 Å². The molecule has 2 rings (SSSR count). The van der Waals surface area contributed by atoms with Crippen LogP contribution in [0.25, 0.3) is 0 Å². The second-order valence-corrected chi connectivity index (χ2v) is 5.65. The Balaban J connectivity index is 2.32. The fourth-order valence-electron chi connectivity index (χ4n) is 2.13. The monoisotopic (exact) mass is 375 g/mol. The lowest BCUT2D eigenvalue weighted by Crippen LogP contribution is -2.48. The van der Waals surface area contributed by atoms with E-state index in [1.165, 1.54) is 27.2 Å². The van der Waals surface area contributed by atoms with E-state index in [4.69, 9.17) is 21.1 Å². The number of benzene rings is 2. The number of carbonyl (C=O) groups excluding carboxylic acids is 2. The fourth-order valence-corrected chi connectivity index (χ4v) is 2.32. The summed E-state index contributed by atoms with van der Waals surface area (Å²) in [7, 11) is 2.67. The van der Waals surface area contributed by atoms with Gasteiger partial charge in [0.15, 0.2) is 5.78 Å². The van der Waals surface area contributed by atoms with E-state index in [0.717, 1.165) is 0 Å². The van der Waals surface area contributed by atoms with Gasteiger partial charge in [0, 0.05) is 25.8 Å². The van der Waals surface area contributed by atoms with Crippen LogP contribution in [0, 0.1) is 0 Å². The number of nitrogens with one attached hydrogen (secondary N) is 1. The lowest BCUT2D eigenvalue weighted by molar-refractivity contribution is -0.151. The minimum absolute atomic E-state index is 0.369. The van der Waals surface area contributed by atoms with E-state index in [0.29, 0.717) is 22.1 Å². The summed E-state index contributed by atoms with van der Waals surface area (Å²) in [6.45, 7) is 1.20. The number of Topliss-reactive ketones (excluding diaryl/α,β-unsaturated/α-hetero) is 1. The molecule has 1 atom stereocenters. The average molecular weight is 376 g/mol. The molecule has 0 fully saturated rings. The van der Waals surface area contributed by atoms with E-state index in [1.807, 2.05) is 6.07 Å². The molecule has 0 aliphatic rings. The van der Waals surface area contributed by atoms with Crippen molar-refractivity contribution in [2.75, 3.05) is 19.5 Å². The molecule has 0 heterocycles. The van der Waals surface area contributed by atoms with Crippen molar-refractivity contribution in [2.45, 2.75) is 12.6 Å². The van der Waals surface area contributed by atoms with E-state index in [9.17, 15) is 9.59 Å². The molecular weight excluding hydrogens is 358 g/mol. The second kappa shape index (κ2) is 8.55. The Morgan fingerprint density at radius 2 is 1.81 bits per heavy atom. The third kappa shape index (κ3) is 4.25. The molecular formula is C18H18ClN3O4. The number of azo groups is 1. The van der Waals surface area contributed by atoms with Gasteiger partial charge in [0.25, 0.3) is 5.91 Å². The van der Waals surface area contributed by atoms with E-state index < -0.39 is 17.4 Å². The molecule has 0 radical (unpaired) electrons. The van der Waals surface area contributed by atoms with E-state index in [-0.39, 0.29) is 0 Å². The van der Waals surface area contributed by atoms with Gasteiger partial charge in [0.05, 0.1) is 17.8 Å². The van der Waals surface area contributed by atoms with Crippen molar-refractivity contribution in [1.82, 2.24) is 0 Å². The highest BCUT2D eigenvalue weighted by Crippen LogP contribution is 2.28. The van der Waals surface area contributed by atoms with Crippen LogP contribution >= 0.6 is 11.6 Å². The quantitative estimate of drug-likeness (QED) is 0.585. The minimum Gasteiger partial charge on any atom is -0.495 e. The normalized spacial score (nSPS) is 13.2. The summed E-state index contributed by atoms with van der Waals surface area (Å²) >= 11 is 5.97. The number of nitrogens with zero attached hydrogens (tertiary/aromatic N) is 2. The molecule has 0 saturated carbocycles. The lowest BCUT2D eigenvalue weighted by atomic mass is 10.1. The van der Waals surface area contributed by atoms with Gasteiger partial charge in [-0.25, -0.2) is 0 Å². The molecule has 136 valence electrons. The summed E-state index contributed by atoms with van der Waals surface area (Å²) in [6, 6.07) is 13.4. The fraction of sp³-hybridized carbons (Fsp3) is 0.222. The Bertz CT molecular complexity index is 826. The number of amides is 1. The molecule has 0 spiro atoms. The van der Waals surface area contributed by atoms with Crippen molar-refractivity contribution < 1.29 is 19.1 Å². The largest absolute Gasteiger partial charge is 0.495 e. The maximum absolute atomic E-state index is 12.7. The number of ether oxygens (including phenoxy) is 2. The van der Waals surface area contributed by atoms with E-state index in [1.54, 1.807) is 36.4 Å². The van der Waals surface area contributed by atoms with Crippen LogP contribution in [-0.4, -0.2) is 31.6 Å². The van der Waals surface area contributed by atoms with Gasteiger partial charge in [-0.2, -0.15) is 5.11 Å². The predicted octanol–water partition coefficient (Wildman–Crippen LogP) is 4.00. The first kappa shape index (κ1) is 19.6. The Morgan fingerprint density at radius 3 is 2.38 bits per heavy atom. The van der Waals surface area contributed by atoms with Gasteiger partial charge in [-0.05, 0) is 24.3 Å². The van der Waals surface area contributed by atoms with Crippen LogP contribution in [0.2, 0.25) is 5.02 Å². The van der Waals surface area contributed by atoms with E-state index in [2.05, 4.69) is 15.5 Å². The second-order valence-electron chi connectivity index (χ2n) is 5.24. The number of anilines is 1. The topological polar surface area (TPSA) is 89.3 Å². The van der Waals surface area contributed by atoms with Gasteiger partial charge in [0.2, 0.25) is 0 Å². The summed E-state index contributed by atoms with van der Waals surface area (Å²) in [4.78, 5) is 24.9. The van der Waals surface area contributed by atoms with Crippen molar-refractivity contribution in [3.63, 3.8) is 0 Å². The minimum atomic E-state index is -2.11. The number of carbonyl (C=O) groups is 2. The highest BCUT2D eigenvalue weighted by Gasteiger charge is 2.45. The molecule has 7 nitrogen and oxygen atoms in total. The van der Waals surface area contributed by atoms with Crippen LogP contribution in [-0.2, 0) is 14.3 Å². The third-order valence-electron chi connectivity index (χ3n) is 3.55. The number of hydrogen-bond acceptors (Lipinski definition) is 6. The van der Waals surface area contributed by atoms with Gasteiger partial charge in [-0.1, -0.05) is 29.8 Å². The van der Waals surface area contributed by atoms with Crippen molar-refractivity contribution in [3.8, 4) is 5.75 Å². The van der Waals surface area contributed by atoms with Gasteiger partial charge in [-0.15, -0.1) is 5.11 Å². The molecule has 2 aromatic carbocycles. The number of methoxy groups -OCH3 is 2. The Hall–Kier alpha value is -2.77. The zero-order valence-electron chi connectivity index (χ0n) is 14.5. The SMILES string of the molecule is COc1cc(NC(=O)C(N=Nc2ccccc2)(OC)C(C)=O)ccc1Cl. The summed E-state index contributed by atoms with van der Waals surface area (Å²) in [6.07, 6.45) is 0. The van der Waals surface area contributed by atoms with E-state index >= 15 is 0 Å². The number of ketones is 1. The third-order valence-corrected chi connectivity index (χ3v) is 3.86. The molecule has 0 saturated heterocycles. The molecule has 1 N–H and O–H groups in total. The maximum Gasteiger partial charge on any atom is 0.317 e. The number of rotatable bonds is 7. The summed E-state index contributed by atoms with van der Waals surface area (Å²) in [5.74, 6) is -1.02. The molecule has 0 aliphatic carbocycles. The van der Waals surface area contributed by atoms with Crippen molar-refractivity contribution >= 4 is 34.7 Å². The first-order valence-corrected chi connectivity index (χ1v) is 8.00. The van der Waals surface area contributed by atoms with Crippen molar-refractivity contribution in [2.24, 2.45) is 10.2 Å². The lowest BCUT2D eigenvalue weighted by Gasteiger charge is -2.23. The van der Waals surface area contributed by atoms with Crippen molar-refractivity contribution in [3.05, 3.63) is 53.6 Å². The van der Waals surface area contributed by atoms with Crippen LogP contribution < -0.4 is 10.1 Å². The molecule has 1 unspecified atom stereocenters. The summed E-state index contributed by atoms with van der Waals surface area (Å²) in [5.41, 5.74) is -1.26. The zero-order chi connectivity index (χ0) is 19.2. The predicted molar refractivity (Wildman–Crippen MR) is 98.0 cm³/mol. The smallest absolute Gasteiger partial charge is 0.317 e. The van der Waals surface area contributed by atoms with Crippen LogP contribution in [0.15, 0.2) is 58.8 Å². The number of hydrogen-bond donors (Lipinski definition) is 1. The van der Waals surface area contributed by atoms with Crippen LogP contribution in [0.3, 0.4) is 0 Å². The van der Waals surface area contributed by atoms with Crippen LogP contribution in [0.5, 0.6) is 5.75 Å². The first-order valence-electron chi connectivity index (χ1n) is 7.62. The van der Waals surface area contributed by atoms with Gasteiger partial charge >= 0.3 is 5.72 Å². The van der Waals surface area contributed by atoms with Gasteiger partial charge < -0.3 is 14.8 Å². The highest BCUT2D eigenvalue weighted by molar-refractivity contribution is 6.32. The zero-order valence-corrected chi connectivity index (χ0v) is 15.3. The molecule has 1 amide bonds. The Kier molecular flexibility index (Phi) is 6.43. The maximum atomic E-state index is 12.7. The summed E-state index contributed by atoms with van der Waals surface area (Å²) < 4.78 is 10.3. The molecule has 8 heteroatoms. The molecule has 2 aromatic rings. The Morgan fingerprint density at radius 1 is 1.12 bits per heavy atom. The average Bonchev–Trinajstić information content (AvgIpc) is 2.64. The standard InChI is InChI=1S/C18H18ClN3O4/c1-12(23)18(26-3,22-21-13-7-5-4-6-8-13)17(24)20-14-9-10-15(19)16(11-14)25-2/h4-11H,1-3H3,(H,20,24). The van der Waals surface area contributed by atoms with Crippen LogP contribution in [0.1, 0.15) is 6.92 Å². The van der Waals surface area contributed by atoms with Gasteiger partial charge in [-0.3, -0.25) is 9.59 Å². The van der Waals surface area contributed by atoms with Crippen LogP contribution in [0.4, 0.5) is 11.4 Å². The summed E-state index contributed by atoms with van der Waals surface area (Å²) in [5, 5.41) is 10.8. The molecule has 0 bridgehead atoms. The first-order chi connectivity index (χ1) is 12.4. The number of halogens is 1. The molecule has 0 aliphatic heterocycles. The van der Waals surface area contributed by atoms with Crippen molar-refractivity contribution in [1.29, 1.82) is 0 Å². The highest BCUT2D eigenvalue weighted by atomic mass is 35.5.